The van der Waals surface area contributed by atoms with Crippen molar-refractivity contribution in [2.45, 2.75) is 18.8 Å². The van der Waals surface area contributed by atoms with Gasteiger partial charge in [0.1, 0.15) is 5.69 Å². The van der Waals surface area contributed by atoms with Crippen molar-refractivity contribution >= 4 is 5.91 Å². The number of H-pyrrole nitrogens is 2. The minimum Gasteiger partial charge on any atom is -0.337 e. The van der Waals surface area contributed by atoms with Gasteiger partial charge in [0.25, 0.3) is 5.91 Å². The summed E-state index contributed by atoms with van der Waals surface area (Å²) in [5.41, 5.74) is 2.46. The van der Waals surface area contributed by atoms with Crippen molar-refractivity contribution in [2.75, 3.05) is 13.1 Å². The summed E-state index contributed by atoms with van der Waals surface area (Å²) in [6.45, 7) is 1.24. The molecular formula is C18H18N6O2. The van der Waals surface area contributed by atoms with Gasteiger partial charge < -0.3 is 9.88 Å². The van der Waals surface area contributed by atoms with Crippen LogP contribution in [0.25, 0.3) is 11.3 Å². The number of nitrogens with zero attached hydrogens (tertiary/aromatic N) is 4. The Balaban J connectivity index is 1.51. The fourth-order valence-corrected chi connectivity index (χ4v) is 3.30. The lowest BCUT2D eigenvalue weighted by Gasteiger charge is -2.32. The number of hydrogen-bond acceptors (Lipinski definition) is 5. The highest BCUT2D eigenvalue weighted by Gasteiger charge is 2.27. The first-order valence-electron chi connectivity index (χ1n) is 8.51. The maximum Gasteiger partial charge on any atom is 0.345 e. The minimum atomic E-state index is -0.361. The fourth-order valence-electron chi connectivity index (χ4n) is 3.30. The van der Waals surface area contributed by atoms with Crippen LogP contribution in [0.1, 0.15) is 34.9 Å². The van der Waals surface area contributed by atoms with Crippen LogP contribution < -0.4 is 5.69 Å². The number of aromatic amines is 2. The summed E-state index contributed by atoms with van der Waals surface area (Å²) in [6.07, 6.45) is 6.71. The van der Waals surface area contributed by atoms with Gasteiger partial charge in [0.2, 0.25) is 0 Å². The maximum atomic E-state index is 12.8. The van der Waals surface area contributed by atoms with E-state index in [0.717, 1.165) is 24.1 Å². The van der Waals surface area contributed by atoms with Crippen LogP contribution in [-0.2, 0) is 0 Å². The largest absolute Gasteiger partial charge is 0.345 e. The van der Waals surface area contributed by atoms with Crippen LogP contribution in [0.5, 0.6) is 0 Å². The van der Waals surface area contributed by atoms with E-state index < -0.39 is 0 Å². The Morgan fingerprint density at radius 3 is 3.00 bits per heavy atom. The van der Waals surface area contributed by atoms with Crippen molar-refractivity contribution in [1.82, 2.24) is 30.0 Å². The average Bonchev–Trinajstić information content (AvgIpc) is 3.18. The van der Waals surface area contributed by atoms with E-state index in [0.29, 0.717) is 24.5 Å². The van der Waals surface area contributed by atoms with Crippen LogP contribution in [0.2, 0.25) is 0 Å². The van der Waals surface area contributed by atoms with Crippen molar-refractivity contribution in [3.8, 4) is 11.3 Å². The lowest BCUT2D eigenvalue weighted by Crippen LogP contribution is -2.39. The van der Waals surface area contributed by atoms with Crippen LogP contribution >= 0.6 is 0 Å². The molecular weight excluding hydrogens is 332 g/mol. The molecule has 4 heterocycles. The Labute approximate surface area is 149 Å². The molecule has 8 nitrogen and oxygen atoms in total. The highest BCUT2D eigenvalue weighted by Crippen LogP contribution is 2.26. The van der Waals surface area contributed by atoms with Gasteiger partial charge in [-0.1, -0.05) is 0 Å². The van der Waals surface area contributed by atoms with Gasteiger partial charge in [0, 0.05) is 48.9 Å². The second-order valence-electron chi connectivity index (χ2n) is 6.33. The van der Waals surface area contributed by atoms with Gasteiger partial charge >= 0.3 is 5.69 Å². The highest BCUT2D eigenvalue weighted by atomic mass is 16.2. The third kappa shape index (κ3) is 3.26. The fraction of sp³-hybridized carbons (Fsp3) is 0.278. The number of pyridine rings is 1. The molecule has 3 aromatic rings. The predicted octanol–water partition coefficient (Wildman–Crippen LogP) is 1.57. The Bertz CT molecular complexity index is 965. The van der Waals surface area contributed by atoms with Crippen molar-refractivity contribution in [3.63, 3.8) is 0 Å². The summed E-state index contributed by atoms with van der Waals surface area (Å²) in [5, 5.41) is 7.05. The summed E-state index contributed by atoms with van der Waals surface area (Å²) >= 11 is 0. The van der Waals surface area contributed by atoms with Gasteiger partial charge in [-0.05, 0) is 37.1 Å². The first-order valence-corrected chi connectivity index (χ1v) is 8.51. The average molecular weight is 350 g/mol. The molecule has 0 aliphatic carbocycles. The second-order valence-corrected chi connectivity index (χ2v) is 6.33. The van der Waals surface area contributed by atoms with E-state index in [1.54, 1.807) is 29.4 Å². The van der Waals surface area contributed by atoms with Gasteiger partial charge in [0.15, 0.2) is 0 Å². The van der Waals surface area contributed by atoms with E-state index in [4.69, 9.17) is 0 Å². The predicted molar refractivity (Wildman–Crippen MR) is 94.6 cm³/mol. The van der Waals surface area contributed by atoms with E-state index in [1.165, 1.54) is 6.20 Å². The maximum absolute atomic E-state index is 12.8. The van der Waals surface area contributed by atoms with Crippen molar-refractivity contribution in [3.05, 3.63) is 64.7 Å². The molecule has 8 heteroatoms. The highest BCUT2D eigenvalue weighted by molar-refractivity contribution is 5.93. The van der Waals surface area contributed by atoms with Crippen molar-refractivity contribution < 1.29 is 4.79 Å². The number of likely N-dealkylation sites (tertiary alicyclic amines) is 1. The molecule has 26 heavy (non-hydrogen) atoms. The van der Waals surface area contributed by atoms with Crippen molar-refractivity contribution in [2.24, 2.45) is 0 Å². The first kappa shape index (κ1) is 16.2. The normalized spacial score (nSPS) is 17.2. The lowest BCUT2D eigenvalue weighted by atomic mass is 9.94. The van der Waals surface area contributed by atoms with Gasteiger partial charge in [0.05, 0.1) is 5.69 Å². The van der Waals surface area contributed by atoms with Gasteiger partial charge in [-0.15, -0.1) is 0 Å². The molecule has 0 unspecified atom stereocenters. The number of carbonyl (C=O) groups excluding carboxylic acids is 1. The molecule has 4 rings (SSSR count). The lowest BCUT2D eigenvalue weighted by molar-refractivity contribution is 0.0700. The number of nitrogens with one attached hydrogen (secondary N) is 2. The third-order valence-electron chi connectivity index (χ3n) is 4.61. The van der Waals surface area contributed by atoms with Gasteiger partial charge in [-0.25, -0.2) is 9.78 Å². The number of piperidine rings is 1. The molecule has 0 radical (unpaired) electrons. The zero-order chi connectivity index (χ0) is 17.9. The summed E-state index contributed by atoms with van der Waals surface area (Å²) < 4.78 is 0. The molecule has 1 aliphatic heterocycles. The molecule has 0 spiro atoms. The van der Waals surface area contributed by atoms with Crippen LogP contribution in [0, 0.1) is 0 Å². The van der Waals surface area contributed by atoms with Crippen LogP contribution in [0.3, 0.4) is 0 Å². The molecule has 0 saturated carbocycles. The van der Waals surface area contributed by atoms with Crippen LogP contribution in [-0.4, -0.2) is 49.0 Å². The zero-order valence-electron chi connectivity index (χ0n) is 14.1. The van der Waals surface area contributed by atoms with Crippen LogP contribution in [0.15, 0.2) is 47.7 Å². The second kappa shape index (κ2) is 6.91. The molecule has 1 fully saturated rings. The molecule has 1 aliphatic rings. The Morgan fingerprint density at radius 2 is 2.19 bits per heavy atom. The summed E-state index contributed by atoms with van der Waals surface area (Å²) in [4.78, 5) is 36.6. The van der Waals surface area contributed by atoms with E-state index >= 15 is 0 Å². The van der Waals surface area contributed by atoms with Crippen molar-refractivity contribution in [1.29, 1.82) is 0 Å². The van der Waals surface area contributed by atoms with Gasteiger partial charge in [-0.2, -0.15) is 5.10 Å². The van der Waals surface area contributed by atoms with E-state index in [1.807, 2.05) is 12.1 Å². The number of rotatable bonds is 3. The number of carbonyl (C=O) groups is 1. The Kier molecular flexibility index (Phi) is 4.30. The smallest absolute Gasteiger partial charge is 0.337 e. The van der Waals surface area contributed by atoms with E-state index in [9.17, 15) is 9.59 Å². The zero-order valence-corrected chi connectivity index (χ0v) is 14.1. The number of hydrogen-bond donors (Lipinski definition) is 2. The minimum absolute atomic E-state index is 0.0891. The number of amides is 1. The van der Waals surface area contributed by atoms with Crippen LogP contribution in [0.4, 0.5) is 0 Å². The molecule has 1 atom stereocenters. The standard InChI is InChI=1S/C18H18N6O2/c25-17(16-9-15(22-23-16)12-3-1-6-19-10-12)24-8-2-4-13(11-24)14-5-7-20-18(26)21-14/h1,3,5-7,9-10,13H,2,4,8,11H2,(H,22,23)(H,20,21,26)/t13-/m0/s1. The molecule has 1 amide bonds. The first-order chi connectivity index (χ1) is 12.7. The monoisotopic (exact) mass is 350 g/mol. The molecule has 0 aromatic carbocycles. The summed E-state index contributed by atoms with van der Waals surface area (Å²) in [7, 11) is 0. The Hall–Kier alpha value is -3.29. The topological polar surface area (TPSA) is 108 Å². The SMILES string of the molecule is O=C(c1cc(-c2cccnc2)n[nH]1)N1CCC[C@H](c2ccnc(=O)[nH]2)C1. The molecule has 3 aromatic heterocycles. The van der Waals surface area contributed by atoms with E-state index in [-0.39, 0.29) is 17.5 Å². The molecule has 0 bridgehead atoms. The number of aromatic nitrogens is 5. The molecule has 1 saturated heterocycles. The third-order valence-corrected chi connectivity index (χ3v) is 4.61. The van der Waals surface area contributed by atoms with E-state index in [2.05, 4.69) is 25.1 Å². The summed E-state index contributed by atoms with van der Waals surface area (Å²) in [6, 6.07) is 7.28. The summed E-state index contributed by atoms with van der Waals surface area (Å²) in [5.74, 6) is 0.0119. The van der Waals surface area contributed by atoms with Gasteiger partial charge in [-0.3, -0.25) is 14.9 Å². The Morgan fingerprint density at radius 1 is 1.27 bits per heavy atom. The molecule has 2 N–H and O–H groups in total. The quantitative estimate of drug-likeness (QED) is 0.745. The molecule has 132 valence electrons.